The van der Waals surface area contributed by atoms with Gasteiger partial charge in [-0.25, -0.2) is 9.69 Å². The smallest absolute Gasteiger partial charge is 0.333 e. The Morgan fingerprint density at radius 2 is 1.73 bits per heavy atom. The summed E-state index contributed by atoms with van der Waals surface area (Å²) in [7, 11) is 0. The number of nitrogens with one attached hydrogen (secondary N) is 1. The molecule has 4 rings (SSSR count). The van der Waals surface area contributed by atoms with Gasteiger partial charge in [-0.05, 0) is 54.5 Å². The second kappa shape index (κ2) is 8.43. The molecule has 3 amide bonds. The number of halogens is 1. The van der Waals surface area contributed by atoms with Crippen LogP contribution in [0.15, 0.2) is 78.5 Å². The van der Waals surface area contributed by atoms with Gasteiger partial charge in [0.1, 0.15) is 18.1 Å². The summed E-state index contributed by atoms with van der Waals surface area (Å²) in [4.78, 5) is 26.0. The lowest BCUT2D eigenvalue weighted by Crippen LogP contribution is -2.30. The first-order valence-electron chi connectivity index (χ1n) is 9.41. The first kappa shape index (κ1) is 19.7. The normalized spacial score (nSPS) is 14.9. The maximum atomic E-state index is 12.7. The topological polar surface area (TPSA) is 58.6 Å². The number of benzene rings is 3. The van der Waals surface area contributed by atoms with Gasteiger partial charge in [-0.2, -0.15) is 0 Å². The highest BCUT2D eigenvalue weighted by Crippen LogP contribution is 2.25. The Morgan fingerprint density at radius 3 is 2.43 bits per heavy atom. The molecular formula is C24H19ClN2O3. The molecule has 0 bridgehead atoms. The summed E-state index contributed by atoms with van der Waals surface area (Å²) < 4.78 is 5.80. The number of nitrogens with zero attached hydrogens (tertiary/aromatic N) is 1. The third kappa shape index (κ3) is 4.36. The molecule has 0 atom stereocenters. The van der Waals surface area contributed by atoms with Gasteiger partial charge in [0.15, 0.2) is 0 Å². The van der Waals surface area contributed by atoms with Crippen molar-refractivity contribution in [2.75, 3.05) is 4.90 Å². The molecule has 1 heterocycles. The minimum Gasteiger partial charge on any atom is -0.489 e. The van der Waals surface area contributed by atoms with Gasteiger partial charge in [-0.1, -0.05) is 59.6 Å². The van der Waals surface area contributed by atoms with E-state index in [-0.39, 0.29) is 5.70 Å². The van der Waals surface area contributed by atoms with Crippen LogP contribution in [0.2, 0.25) is 5.02 Å². The van der Waals surface area contributed by atoms with Crippen LogP contribution in [-0.4, -0.2) is 11.9 Å². The lowest BCUT2D eigenvalue weighted by molar-refractivity contribution is -0.113. The van der Waals surface area contributed by atoms with Crippen molar-refractivity contribution >= 4 is 35.3 Å². The number of imide groups is 1. The lowest BCUT2D eigenvalue weighted by Gasteiger charge is -2.11. The molecule has 5 nitrogen and oxygen atoms in total. The highest BCUT2D eigenvalue weighted by atomic mass is 35.5. The van der Waals surface area contributed by atoms with E-state index in [1.807, 2.05) is 55.5 Å². The van der Waals surface area contributed by atoms with Gasteiger partial charge in [0.05, 0.1) is 5.69 Å². The molecule has 3 aromatic carbocycles. The van der Waals surface area contributed by atoms with Crippen molar-refractivity contribution in [2.45, 2.75) is 13.5 Å². The number of amides is 3. The molecule has 3 aromatic rings. The Balaban J connectivity index is 1.45. The second-order valence-electron chi connectivity index (χ2n) is 6.95. The predicted molar refractivity (Wildman–Crippen MR) is 117 cm³/mol. The van der Waals surface area contributed by atoms with E-state index in [1.165, 1.54) is 5.56 Å². The highest BCUT2D eigenvalue weighted by molar-refractivity contribution is 6.32. The van der Waals surface area contributed by atoms with Crippen LogP contribution in [0.4, 0.5) is 10.5 Å². The molecule has 30 heavy (non-hydrogen) atoms. The summed E-state index contributed by atoms with van der Waals surface area (Å²) in [5.41, 5.74) is 3.70. The Bertz CT molecular complexity index is 1120. The van der Waals surface area contributed by atoms with Crippen LogP contribution in [0, 0.1) is 6.92 Å². The van der Waals surface area contributed by atoms with E-state index in [2.05, 4.69) is 5.32 Å². The van der Waals surface area contributed by atoms with Gasteiger partial charge in [0.25, 0.3) is 5.91 Å². The van der Waals surface area contributed by atoms with Gasteiger partial charge < -0.3 is 10.1 Å². The maximum Gasteiger partial charge on any atom is 0.333 e. The molecule has 1 N–H and O–H groups in total. The van der Waals surface area contributed by atoms with E-state index in [9.17, 15) is 9.59 Å². The van der Waals surface area contributed by atoms with Gasteiger partial charge in [-0.3, -0.25) is 4.79 Å². The van der Waals surface area contributed by atoms with Crippen molar-refractivity contribution in [1.82, 2.24) is 5.32 Å². The number of urea groups is 1. The molecule has 0 unspecified atom stereocenters. The van der Waals surface area contributed by atoms with Gasteiger partial charge >= 0.3 is 6.03 Å². The van der Waals surface area contributed by atoms with Crippen LogP contribution < -0.4 is 15.0 Å². The Morgan fingerprint density at radius 1 is 1.00 bits per heavy atom. The zero-order valence-corrected chi connectivity index (χ0v) is 17.0. The van der Waals surface area contributed by atoms with Crippen molar-refractivity contribution in [2.24, 2.45) is 0 Å². The molecule has 1 fully saturated rings. The van der Waals surface area contributed by atoms with Crippen LogP contribution >= 0.6 is 11.6 Å². The molecular weight excluding hydrogens is 400 g/mol. The molecule has 0 saturated carbocycles. The first-order chi connectivity index (χ1) is 14.5. The van der Waals surface area contributed by atoms with E-state index < -0.39 is 11.9 Å². The van der Waals surface area contributed by atoms with E-state index in [0.717, 1.165) is 21.8 Å². The molecule has 150 valence electrons. The SMILES string of the molecule is Cc1ccc(COc2ccc(C=C3NC(=O)N(c4cccc(Cl)c4)C3=O)cc2)cc1. The first-order valence-corrected chi connectivity index (χ1v) is 9.78. The largest absolute Gasteiger partial charge is 0.489 e. The predicted octanol–water partition coefficient (Wildman–Crippen LogP) is 5.32. The number of anilines is 1. The fourth-order valence-electron chi connectivity index (χ4n) is 3.06. The number of aryl methyl sites for hydroxylation is 1. The summed E-state index contributed by atoms with van der Waals surface area (Å²) in [5, 5.41) is 3.06. The van der Waals surface area contributed by atoms with E-state index in [1.54, 1.807) is 30.3 Å². The number of hydrogen-bond acceptors (Lipinski definition) is 3. The van der Waals surface area contributed by atoms with Crippen LogP contribution in [0.3, 0.4) is 0 Å². The van der Waals surface area contributed by atoms with Gasteiger partial charge in [-0.15, -0.1) is 0 Å². The third-order valence-corrected chi connectivity index (χ3v) is 4.90. The molecule has 1 saturated heterocycles. The summed E-state index contributed by atoms with van der Waals surface area (Å²) in [5.74, 6) is 0.294. The third-order valence-electron chi connectivity index (χ3n) is 4.66. The Kier molecular flexibility index (Phi) is 5.55. The molecule has 0 aromatic heterocycles. The lowest BCUT2D eigenvalue weighted by atomic mass is 10.1. The Hall–Kier alpha value is -3.57. The van der Waals surface area contributed by atoms with Crippen LogP contribution in [-0.2, 0) is 11.4 Å². The average Bonchev–Trinajstić information content (AvgIpc) is 3.01. The quantitative estimate of drug-likeness (QED) is 0.450. The fourth-order valence-corrected chi connectivity index (χ4v) is 3.25. The zero-order valence-electron chi connectivity index (χ0n) is 16.3. The van der Waals surface area contributed by atoms with E-state index >= 15 is 0 Å². The second-order valence-corrected chi connectivity index (χ2v) is 7.39. The van der Waals surface area contributed by atoms with Crippen molar-refractivity contribution in [3.63, 3.8) is 0 Å². The molecule has 0 aliphatic carbocycles. The van der Waals surface area contributed by atoms with Crippen molar-refractivity contribution in [3.8, 4) is 5.75 Å². The number of ether oxygens (including phenoxy) is 1. The van der Waals surface area contributed by atoms with Crippen molar-refractivity contribution in [1.29, 1.82) is 0 Å². The van der Waals surface area contributed by atoms with Crippen LogP contribution in [0.25, 0.3) is 6.08 Å². The van der Waals surface area contributed by atoms with Crippen LogP contribution in [0.5, 0.6) is 5.75 Å². The number of hydrogen-bond donors (Lipinski definition) is 1. The minimum atomic E-state index is -0.508. The van der Waals surface area contributed by atoms with Gasteiger partial charge in [0, 0.05) is 5.02 Å². The summed E-state index contributed by atoms with van der Waals surface area (Å²) >= 11 is 5.98. The summed E-state index contributed by atoms with van der Waals surface area (Å²) in [6.45, 7) is 2.52. The summed E-state index contributed by atoms with van der Waals surface area (Å²) in [6, 6.07) is 21.6. The minimum absolute atomic E-state index is 0.202. The molecule has 0 radical (unpaired) electrons. The molecule has 6 heteroatoms. The number of rotatable bonds is 5. The maximum absolute atomic E-state index is 12.7. The summed E-state index contributed by atoms with van der Waals surface area (Å²) in [6.07, 6.45) is 1.63. The molecule has 1 aliphatic heterocycles. The van der Waals surface area contributed by atoms with E-state index in [0.29, 0.717) is 17.3 Å². The number of carbonyl (C=O) groups excluding carboxylic acids is 2. The van der Waals surface area contributed by atoms with E-state index in [4.69, 9.17) is 16.3 Å². The Labute approximate surface area is 179 Å². The van der Waals surface area contributed by atoms with Crippen molar-refractivity contribution < 1.29 is 14.3 Å². The molecule has 0 spiro atoms. The van der Waals surface area contributed by atoms with Crippen LogP contribution in [0.1, 0.15) is 16.7 Å². The fraction of sp³-hybridized carbons (Fsp3) is 0.0833. The molecule has 1 aliphatic rings. The van der Waals surface area contributed by atoms with Gasteiger partial charge in [0.2, 0.25) is 0 Å². The standard InChI is InChI=1S/C24H19ClN2O3/c1-16-5-7-18(8-6-16)15-30-21-11-9-17(10-12-21)13-22-23(28)27(24(29)26-22)20-4-2-3-19(25)14-20/h2-14H,15H2,1H3,(H,26,29). The number of carbonyl (C=O) groups is 2. The zero-order chi connectivity index (χ0) is 21.1. The monoisotopic (exact) mass is 418 g/mol. The highest BCUT2D eigenvalue weighted by Gasteiger charge is 2.34. The van der Waals surface area contributed by atoms with Crippen molar-refractivity contribution in [3.05, 3.63) is 100 Å². The average molecular weight is 419 g/mol.